The molecule has 7 nitrogen and oxygen atoms in total. The minimum Gasteiger partial charge on any atom is -0.491 e. The Morgan fingerprint density at radius 3 is 2.59 bits per heavy atom. The summed E-state index contributed by atoms with van der Waals surface area (Å²) < 4.78 is 29.6. The predicted molar refractivity (Wildman–Crippen MR) is 49.4 cm³/mol. The molecule has 0 aromatic carbocycles. The Labute approximate surface area is 92.8 Å². The van der Waals surface area contributed by atoms with E-state index in [1.165, 1.54) is 0 Å². The number of halogens is 2. The van der Waals surface area contributed by atoms with Crippen LogP contribution >= 0.6 is 0 Å². The lowest BCUT2D eigenvalue weighted by atomic mass is 10.2. The number of pyridine rings is 1. The van der Waals surface area contributed by atoms with Gasteiger partial charge in [0.1, 0.15) is 0 Å². The van der Waals surface area contributed by atoms with Crippen LogP contribution in [0.3, 0.4) is 0 Å². The van der Waals surface area contributed by atoms with Gasteiger partial charge in [0.05, 0.1) is 12.7 Å². The van der Waals surface area contributed by atoms with Crippen LogP contribution in [0.25, 0.3) is 0 Å². The molecule has 1 N–H and O–H groups in total. The molecule has 1 aromatic heterocycles. The summed E-state index contributed by atoms with van der Waals surface area (Å²) in [6.45, 7) is 0. The topological polar surface area (TPSA) is 103 Å². The number of rotatable bonds is 4. The van der Waals surface area contributed by atoms with E-state index in [-0.39, 0.29) is 0 Å². The first kappa shape index (κ1) is 12.7. The highest BCUT2D eigenvalue weighted by atomic mass is 19.3. The first-order chi connectivity index (χ1) is 7.88. The van der Waals surface area contributed by atoms with Crippen molar-refractivity contribution >= 4 is 11.8 Å². The maximum atomic E-state index is 12.6. The van der Waals surface area contributed by atoms with Gasteiger partial charge in [-0.3, -0.25) is 0 Å². The molecule has 0 atom stereocenters. The van der Waals surface area contributed by atoms with E-state index in [0.29, 0.717) is 6.07 Å². The third-order valence-corrected chi connectivity index (χ3v) is 1.82. The SMILES string of the molecule is COc1c(C(F)F)cc([N+](=O)[O-])nc1C(=O)O. The highest BCUT2D eigenvalue weighted by Crippen LogP contribution is 2.33. The van der Waals surface area contributed by atoms with Gasteiger partial charge in [-0.1, -0.05) is 0 Å². The second-order valence-corrected chi connectivity index (χ2v) is 2.81. The van der Waals surface area contributed by atoms with Gasteiger partial charge in [0, 0.05) is 6.07 Å². The number of aromatic nitrogens is 1. The van der Waals surface area contributed by atoms with E-state index in [2.05, 4.69) is 9.72 Å². The maximum Gasteiger partial charge on any atom is 0.384 e. The van der Waals surface area contributed by atoms with Gasteiger partial charge in [0.25, 0.3) is 6.43 Å². The fourth-order valence-corrected chi connectivity index (χ4v) is 1.15. The van der Waals surface area contributed by atoms with Gasteiger partial charge < -0.3 is 20.0 Å². The Morgan fingerprint density at radius 1 is 1.65 bits per heavy atom. The molecule has 92 valence electrons. The van der Waals surface area contributed by atoms with E-state index < -0.39 is 40.1 Å². The monoisotopic (exact) mass is 248 g/mol. The molecule has 0 fully saturated rings. The molecule has 9 heteroatoms. The lowest BCUT2D eigenvalue weighted by molar-refractivity contribution is -0.389. The predicted octanol–water partition coefficient (Wildman–Crippen LogP) is 1.63. The van der Waals surface area contributed by atoms with Gasteiger partial charge in [-0.2, -0.15) is 0 Å². The summed E-state index contributed by atoms with van der Waals surface area (Å²) in [4.78, 5) is 23.2. The van der Waals surface area contributed by atoms with Crippen molar-refractivity contribution in [1.29, 1.82) is 0 Å². The number of alkyl halides is 2. The molecular weight excluding hydrogens is 242 g/mol. The largest absolute Gasteiger partial charge is 0.491 e. The number of hydrogen-bond donors (Lipinski definition) is 1. The quantitative estimate of drug-likeness (QED) is 0.641. The van der Waals surface area contributed by atoms with Crippen molar-refractivity contribution < 1.29 is 28.3 Å². The zero-order valence-corrected chi connectivity index (χ0v) is 8.39. The second kappa shape index (κ2) is 4.68. The average molecular weight is 248 g/mol. The molecule has 0 radical (unpaired) electrons. The minimum atomic E-state index is -3.11. The number of ether oxygens (including phenoxy) is 1. The summed E-state index contributed by atoms with van der Waals surface area (Å²) in [5, 5.41) is 19.1. The number of nitrogens with zero attached hydrogens (tertiary/aromatic N) is 2. The first-order valence-electron chi connectivity index (χ1n) is 4.13. The molecule has 0 aliphatic rings. The van der Waals surface area contributed by atoms with Gasteiger partial charge in [-0.25, -0.2) is 13.6 Å². The van der Waals surface area contributed by atoms with E-state index in [1.807, 2.05) is 0 Å². The molecule has 0 aliphatic carbocycles. The van der Waals surface area contributed by atoms with Crippen LogP contribution in [0.4, 0.5) is 14.6 Å². The van der Waals surface area contributed by atoms with E-state index in [0.717, 1.165) is 7.11 Å². The minimum absolute atomic E-state index is 0.482. The number of carbonyl (C=O) groups is 1. The molecule has 0 unspecified atom stereocenters. The summed E-state index contributed by atoms with van der Waals surface area (Å²) in [6.07, 6.45) is -3.11. The Bertz CT molecular complexity index is 477. The Morgan fingerprint density at radius 2 is 2.24 bits per heavy atom. The van der Waals surface area contributed by atoms with Crippen LogP contribution in [0.15, 0.2) is 6.07 Å². The molecule has 1 heterocycles. The van der Waals surface area contributed by atoms with Crippen molar-refractivity contribution in [3.63, 3.8) is 0 Å². The highest BCUT2D eigenvalue weighted by molar-refractivity contribution is 5.89. The van der Waals surface area contributed by atoms with E-state index in [9.17, 15) is 23.7 Å². The smallest absolute Gasteiger partial charge is 0.384 e. The van der Waals surface area contributed by atoms with Crippen LogP contribution in [0, 0.1) is 10.1 Å². The van der Waals surface area contributed by atoms with E-state index in [4.69, 9.17) is 5.11 Å². The summed E-state index contributed by atoms with van der Waals surface area (Å²) >= 11 is 0. The van der Waals surface area contributed by atoms with Crippen LogP contribution < -0.4 is 4.74 Å². The highest BCUT2D eigenvalue weighted by Gasteiger charge is 2.30. The fourth-order valence-electron chi connectivity index (χ4n) is 1.15. The summed E-state index contributed by atoms with van der Waals surface area (Å²) in [5.41, 5.74) is -1.80. The van der Waals surface area contributed by atoms with Gasteiger partial charge in [-0.05, 0) is 9.91 Å². The zero-order chi connectivity index (χ0) is 13.2. The lowest BCUT2D eigenvalue weighted by Crippen LogP contribution is -2.09. The van der Waals surface area contributed by atoms with Crippen molar-refractivity contribution in [2.24, 2.45) is 0 Å². The molecule has 0 aliphatic heterocycles. The average Bonchev–Trinajstić information content (AvgIpc) is 2.26. The summed E-state index contributed by atoms with van der Waals surface area (Å²) in [5.74, 6) is -3.34. The molecule has 0 bridgehead atoms. The van der Waals surface area contributed by atoms with E-state index in [1.54, 1.807) is 0 Å². The Kier molecular flexibility index (Phi) is 3.51. The molecule has 1 rings (SSSR count). The number of nitro groups is 1. The Balaban J connectivity index is 3.57. The van der Waals surface area contributed by atoms with Gasteiger partial charge >= 0.3 is 17.5 Å². The van der Waals surface area contributed by atoms with Crippen molar-refractivity contribution in [2.75, 3.05) is 7.11 Å². The zero-order valence-electron chi connectivity index (χ0n) is 8.39. The first-order valence-corrected chi connectivity index (χ1v) is 4.13. The van der Waals surface area contributed by atoms with Crippen LogP contribution in [-0.2, 0) is 0 Å². The van der Waals surface area contributed by atoms with Crippen LogP contribution in [0.2, 0.25) is 0 Å². The number of hydrogen-bond acceptors (Lipinski definition) is 5. The second-order valence-electron chi connectivity index (χ2n) is 2.81. The van der Waals surface area contributed by atoms with Crippen LogP contribution in [-0.4, -0.2) is 28.1 Å². The molecular formula is C8H6F2N2O5. The molecule has 17 heavy (non-hydrogen) atoms. The van der Waals surface area contributed by atoms with Gasteiger partial charge in [-0.15, -0.1) is 0 Å². The lowest BCUT2D eigenvalue weighted by Gasteiger charge is -2.07. The standard InChI is InChI=1S/C8H6F2N2O5/c1-17-6-3(7(9)10)2-4(12(15)16)11-5(6)8(13)14/h2,7H,1H3,(H,13,14). The van der Waals surface area contributed by atoms with E-state index >= 15 is 0 Å². The summed E-state index contributed by atoms with van der Waals surface area (Å²) in [6, 6.07) is 0.482. The van der Waals surface area contributed by atoms with Crippen molar-refractivity contribution in [3.05, 3.63) is 27.4 Å². The van der Waals surface area contributed by atoms with Gasteiger partial charge in [0.2, 0.25) is 0 Å². The number of methoxy groups -OCH3 is 1. The van der Waals surface area contributed by atoms with Crippen LogP contribution in [0.1, 0.15) is 22.5 Å². The molecule has 0 spiro atoms. The number of carboxylic acids is 1. The summed E-state index contributed by atoms with van der Waals surface area (Å²) in [7, 11) is 0.973. The van der Waals surface area contributed by atoms with Crippen molar-refractivity contribution in [2.45, 2.75) is 6.43 Å². The van der Waals surface area contributed by atoms with Gasteiger partial charge in [0.15, 0.2) is 5.75 Å². The molecule has 0 amide bonds. The maximum absolute atomic E-state index is 12.6. The Hall–Kier alpha value is -2.32. The van der Waals surface area contributed by atoms with Crippen molar-refractivity contribution in [3.8, 4) is 5.75 Å². The fraction of sp³-hybridized carbons (Fsp3) is 0.250. The van der Waals surface area contributed by atoms with Crippen molar-refractivity contribution in [1.82, 2.24) is 4.98 Å². The molecule has 0 saturated carbocycles. The number of carboxylic acid groups (broad SMARTS) is 1. The third-order valence-electron chi connectivity index (χ3n) is 1.82. The normalized spacial score (nSPS) is 10.4. The molecule has 0 saturated heterocycles. The number of aromatic carboxylic acids is 1. The molecule has 1 aromatic rings. The van der Waals surface area contributed by atoms with Crippen LogP contribution in [0.5, 0.6) is 5.75 Å². The third kappa shape index (κ3) is 2.44.